The molecule has 0 spiro atoms. The molecule has 25 heavy (non-hydrogen) atoms. The zero-order valence-electron chi connectivity index (χ0n) is 14.7. The molecule has 3 amide bonds. The van der Waals surface area contributed by atoms with Gasteiger partial charge in [0.2, 0.25) is 5.91 Å². The second kappa shape index (κ2) is 7.74. The number of nitrogens with one attached hydrogen (secondary N) is 2. The number of urea groups is 1. The maximum Gasteiger partial charge on any atom is 0.321 e. The van der Waals surface area contributed by atoms with Crippen LogP contribution in [0.25, 0.3) is 0 Å². The first-order valence-electron chi connectivity index (χ1n) is 8.67. The van der Waals surface area contributed by atoms with Crippen LogP contribution in [-0.4, -0.2) is 50.2 Å². The smallest absolute Gasteiger partial charge is 0.321 e. The van der Waals surface area contributed by atoms with Crippen LogP contribution in [0.15, 0.2) is 18.2 Å². The van der Waals surface area contributed by atoms with Crippen molar-refractivity contribution in [3.05, 3.63) is 23.8 Å². The van der Waals surface area contributed by atoms with Gasteiger partial charge < -0.3 is 14.8 Å². The third-order valence-electron chi connectivity index (χ3n) is 4.67. The third kappa shape index (κ3) is 4.42. The van der Waals surface area contributed by atoms with Gasteiger partial charge in [-0.25, -0.2) is 4.79 Å². The average Bonchev–Trinajstić information content (AvgIpc) is 3.29. The summed E-state index contributed by atoms with van der Waals surface area (Å²) in [6, 6.07) is 5.60. The van der Waals surface area contributed by atoms with E-state index < -0.39 is 6.03 Å². The molecule has 7 nitrogen and oxygen atoms in total. The lowest BCUT2D eigenvalue weighted by Crippen LogP contribution is -2.45. The summed E-state index contributed by atoms with van der Waals surface area (Å²) >= 11 is 0. The minimum absolute atomic E-state index is 0.0716. The lowest BCUT2D eigenvalue weighted by Gasteiger charge is -2.25. The number of carbonyl (C=O) groups excluding carboxylic acids is 2. The molecule has 7 heteroatoms. The SMILES string of the molecule is COc1ccc(OC)c(C2CCCN2CC(=O)NC(=O)NC2CC2)c1. The number of hydrogen-bond donors (Lipinski definition) is 2. The van der Waals surface area contributed by atoms with Gasteiger partial charge in [-0.3, -0.25) is 15.0 Å². The number of likely N-dealkylation sites (tertiary alicyclic amines) is 1. The zero-order valence-corrected chi connectivity index (χ0v) is 14.7. The van der Waals surface area contributed by atoms with E-state index in [0.29, 0.717) is 0 Å². The van der Waals surface area contributed by atoms with Gasteiger partial charge in [-0.2, -0.15) is 0 Å². The molecule has 1 atom stereocenters. The maximum atomic E-state index is 12.2. The van der Waals surface area contributed by atoms with E-state index in [1.54, 1.807) is 14.2 Å². The highest BCUT2D eigenvalue weighted by molar-refractivity contribution is 5.95. The summed E-state index contributed by atoms with van der Waals surface area (Å²) < 4.78 is 10.8. The number of hydrogen-bond acceptors (Lipinski definition) is 5. The molecular weight excluding hydrogens is 322 g/mol. The highest BCUT2D eigenvalue weighted by Gasteiger charge is 2.31. The Balaban J connectivity index is 1.65. The molecule has 1 aromatic carbocycles. The molecule has 2 fully saturated rings. The topological polar surface area (TPSA) is 79.9 Å². The number of nitrogens with zero attached hydrogens (tertiary/aromatic N) is 1. The van der Waals surface area contributed by atoms with Crippen LogP contribution in [0.5, 0.6) is 11.5 Å². The van der Waals surface area contributed by atoms with Crippen LogP contribution in [0.4, 0.5) is 4.79 Å². The van der Waals surface area contributed by atoms with Crippen LogP contribution in [0, 0.1) is 0 Å². The van der Waals surface area contributed by atoms with Gasteiger partial charge in [0.15, 0.2) is 0 Å². The molecule has 1 unspecified atom stereocenters. The number of benzene rings is 1. The predicted molar refractivity (Wildman–Crippen MR) is 92.8 cm³/mol. The Morgan fingerprint density at radius 1 is 1.20 bits per heavy atom. The lowest BCUT2D eigenvalue weighted by molar-refractivity contribution is -0.121. The standard InChI is InChI=1S/C18H25N3O4/c1-24-13-7-8-16(25-2)14(10-13)15-4-3-9-21(15)11-17(22)20-18(23)19-12-5-6-12/h7-8,10,12,15H,3-6,9,11H2,1-2H3,(H2,19,20,22,23). The van der Waals surface area contributed by atoms with Crippen molar-refractivity contribution in [1.29, 1.82) is 0 Å². The van der Waals surface area contributed by atoms with E-state index in [1.807, 2.05) is 18.2 Å². The van der Waals surface area contributed by atoms with Crippen molar-refractivity contribution in [2.75, 3.05) is 27.3 Å². The number of ether oxygens (including phenoxy) is 2. The van der Waals surface area contributed by atoms with Gasteiger partial charge in [-0.15, -0.1) is 0 Å². The summed E-state index contributed by atoms with van der Waals surface area (Å²) in [6.45, 7) is 0.992. The number of imide groups is 1. The van der Waals surface area contributed by atoms with Crippen LogP contribution >= 0.6 is 0 Å². The van der Waals surface area contributed by atoms with Gasteiger partial charge in [-0.1, -0.05) is 0 Å². The number of rotatable bonds is 6. The Kier molecular flexibility index (Phi) is 5.43. The van der Waals surface area contributed by atoms with Crippen LogP contribution in [-0.2, 0) is 4.79 Å². The highest BCUT2D eigenvalue weighted by atomic mass is 16.5. The van der Waals surface area contributed by atoms with E-state index in [2.05, 4.69) is 15.5 Å². The van der Waals surface area contributed by atoms with Crippen molar-refractivity contribution in [3.63, 3.8) is 0 Å². The van der Waals surface area contributed by atoms with Crippen molar-refractivity contribution in [2.45, 2.75) is 37.8 Å². The molecule has 1 aliphatic heterocycles. The van der Waals surface area contributed by atoms with Crippen LogP contribution < -0.4 is 20.1 Å². The molecule has 1 saturated heterocycles. The number of amides is 3. The van der Waals surface area contributed by atoms with Gasteiger partial charge in [0.05, 0.1) is 20.8 Å². The molecule has 2 N–H and O–H groups in total. The highest BCUT2D eigenvalue weighted by Crippen LogP contribution is 2.38. The largest absolute Gasteiger partial charge is 0.497 e. The van der Waals surface area contributed by atoms with Crippen LogP contribution in [0.2, 0.25) is 0 Å². The van der Waals surface area contributed by atoms with E-state index in [1.165, 1.54) is 0 Å². The summed E-state index contributed by atoms with van der Waals surface area (Å²) in [7, 11) is 3.27. The van der Waals surface area contributed by atoms with Crippen molar-refractivity contribution >= 4 is 11.9 Å². The molecule has 0 bridgehead atoms. The minimum Gasteiger partial charge on any atom is -0.497 e. The summed E-state index contributed by atoms with van der Waals surface area (Å²) in [5.41, 5.74) is 1.01. The fourth-order valence-electron chi connectivity index (χ4n) is 3.27. The second-order valence-electron chi connectivity index (χ2n) is 6.53. The Morgan fingerprint density at radius 3 is 2.68 bits per heavy atom. The summed E-state index contributed by atoms with van der Waals surface area (Å²) in [5.74, 6) is 1.26. The van der Waals surface area contributed by atoms with Crippen molar-refractivity contribution < 1.29 is 19.1 Å². The molecule has 3 rings (SSSR count). The van der Waals surface area contributed by atoms with Gasteiger partial charge >= 0.3 is 6.03 Å². The molecule has 1 aromatic rings. The van der Waals surface area contributed by atoms with E-state index in [-0.39, 0.29) is 24.5 Å². The average molecular weight is 347 g/mol. The fourth-order valence-corrected chi connectivity index (χ4v) is 3.27. The van der Waals surface area contributed by atoms with Gasteiger partial charge in [-0.05, 0) is 50.4 Å². The fraction of sp³-hybridized carbons (Fsp3) is 0.556. The van der Waals surface area contributed by atoms with Crippen molar-refractivity contribution in [1.82, 2.24) is 15.5 Å². The summed E-state index contributed by atoms with van der Waals surface area (Å²) in [5, 5.41) is 5.17. The Hall–Kier alpha value is -2.28. The molecule has 0 radical (unpaired) electrons. The normalized spacial score (nSPS) is 20.2. The summed E-state index contributed by atoms with van der Waals surface area (Å²) in [6.07, 6.45) is 3.91. The van der Waals surface area contributed by atoms with E-state index in [0.717, 1.165) is 49.3 Å². The molecule has 2 aliphatic rings. The first-order chi connectivity index (χ1) is 12.1. The molecule has 136 valence electrons. The van der Waals surface area contributed by atoms with Crippen LogP contribution in [0.1, 0.15) is 37.3 Å². The van der Waals surface area contributed by atoms with Crippen molar-refractivity contribution in [3.8, 4) is 11.5 Å². The van der Waals surface area contributed by atoms with E-state index in [4.69, 9.17) is 9.47 Å². The van der Waals surface area contributed by atoms with E-state index >= 15 is 0 Å². The van der Waals surface area contributed by atoms with Gasteiger partial charge in [0.25, 0.3) is 0 Å². The first kappa shape index (κ1) is 17.5. The third-order valence-corrected chi connectivity index (χ3v) is 4.67. The molecule has 0 aromatic heterocycles. The Bertz CT molecular complexity index is 645. The number of carbonyl (C=O) groups is 2. The second-order valence-corrected chi connectivity index (χ2v) is 6.53. The Morgan fingerprint density at radius 2 is 2.00 bits per heavy atom. The first-order valence-corrected chi connectivity index (χ1v) is 8.67. The molecule has 1 aliphatic carbocycles. The van der Waals surface area contributed by atoms with Crippen molar-refractivity contribution in [2.24, 2.45) is 0 Å². The molecule has 1 heterocycles. The Labute approximate surface area is 147 Å². The van der Waals surface area contributed by atoms with Gasteiger partial charge in [0, 0.05) is 17.6 Å². The quantitative estimate of drug-likeness (QED) is 0.821. The summed E-state index contributed by atoms with van der Waals surface area (Å²) in [4.78, 5) is 26.0. The van der Waals surface area contributed by atoms with Crippen LogP contribution in [0.3, 0.4) is 0 Å². The van der Waals surface area contributed by atoms with Gasteiger partial charge in [0.1, 0.15) is 11.5 Å². The predicted octanol–water partition coefficient (Wildman–Crippen LogP) is 1.83. The monoisotopic (exact) mass is 347 g/mol. The number of methoxy groups -OCH3 is 2. The minimum atomic E-state index is -0.401. The molecule has 1 saturated carbocycles. The maximum absolute atomic E-state index is 12.2. The van der Waals surface area contributed by atoms with E-state index in [9.17, 15) is 9.59 Å². The zero-order chi connectivity index (χ0) is 17.8. The lowest BCUT2D eigenvalue weighted by atomic mass is 10.0. The molecular formula is C18H25N3O4.